The highest BCUT2D eigenvalue weighted by molar-refractivity contribution is 8.00. The lowest BCUT2D eigenvalue weighted by Crippen LogP contribution is -2.68. The number of amides is 2. The molecule has 18 nitrogen and oxygen atoms in total. The molecule has 0 bridgehead atoms. The minimum atomic E-state index is -1.67. The highest BCUT2D eigenvalue weighted by Gasteiger charge is 2.55. The number of carbonyl (C=O) groups excluding carboxylic acids is 6. The molecule has 1 aromatic rings. The van der Waals surface area contributed by atoms with E-state index in [0.717, 1.165) is 32.5 Å². The van der Waals surface area contributed by atoms with Gasteiger partial charge in [-0.2, -0.15) is 4.98 Å². The summed E-state index contributed by atoms with van der Waals surface area (Å²) in [5.41, 5.74) is -0.385. The normalized spacial score (nSPS) is 23.2. The topological polar surface area (TPSA) is 229 Å². The van der Waals surface area contributed by atoms with Gasteiger partial charge >= 0.3 is 29.6 Å². The summed E-state index contributed by atoms with van der Waals surface area (Å²) < 4.78 is 32.4. The lowest BCUT2D eigenvalue weighted by atomic mass is 9.93. The Hall–Kier alpha value is -4.52. The van der Waals surface area contributed by atoms with Crippen molar-refractivity contribution in [2.45, 2.75) is 88.4 Å². The number of thioether (sulfide) groups is 1. The largest absolute Gasteiger partial charge is 0.481 e. The van der Waals surface area contributed by atoms with Gasteiger partial charge in [-0.25, -0.2) is 0 Å². The van der Waals surface area contributed by atoms with E-state index in [1.54, 1.807) is 6.92 Å². The number of ether oxygens (including phenoxy) is 6. The van der Waals surface area contributed by atoms with Gasteiger partial charge in [-0.3, -0.25) is 38.9 Å². The first kappa shape index (κ1) is 37.9. The zero-order chi connectivity index (χ0) is 35.7. The summed E-state index contributed by atoms with van der Waals surface area (Å²) in [7, 11) is 1.32. The number of methoxy groups -OCH3 is 1. The molecule has 3 rings (SSSR count). The van der Waals surface area contributed by atoms with Crippen molar-refractivity contribution in [3.05, 3.63) is 22.2 Å². The van der Waals surface area contributed by atoms with Crippen LogP contribution in [0.3, 0.4) is 0 Å². The Morgan fingerprint density at radius 1 is 1.02 bits per heavy atom. The van der Waals surface area contributed by atoms with Crippen LogP contribution in [0.5, 0.6) is 5.88 Å². The van der Waals surface area contributed by atoms with Gasteiger partial charge in [0.25, 0.3) is 5.91 Å². The van der Waals surface area contributed by atoms with Gasteiger partial charge in [-0.15, -0.1) is 0 Å². The molecule has 2 saturated heterocycles. The molecule has 2 fully saturated rings. The van der Waals surface area contributed by atoms with Gasteiger partial charge in [0.1, 0.15) is 0 Å². The summed E-state index contributed by atoms with van der Waals surface area (Å²) in [5, 5.41) is 12.9. The smallest absolute Gasteiger partial charge is 0.309 e. The highest BCUT2D eigenvalue weighted by Crippen LogP contribution is 2.34. The molecular weight excluding hydrogens is 660 g/mol. The second kappa shape index (κ2) is 17.0. The molecule has 2 aliphatic heterocycles. The first-order chi connectivity index (χ1) is 22.7. The number of hydrogen-bond acceptors (Lipinski definition) is 16. The van der Waals surface area contributed by atoms with E-state index in [0.29, 0.717) is 0 Å². The van der Waals surface area contributed by atoms with Gasteiger partial charge in [0.05, 0.1) is 29.8 Å². The van der Waals surface area contributed by atoms with Crippen LogP contribution in [0, 0.1) is 16.0 Å². The van der Waals surface area contributed by atoms with Crippen LogP contribution < -0.4 is 10.1 Å². The van der Waals surface area contributed by atoms with E-state index >= 15 is 0 Å². The zero-order valence-electron chi connectivity index (χ0n) is 27.2. The molecule has 6 atom stereocenters. The van der Waals surface area contributed by atoms with Crippen LogP contribution in [0.15, 0.2) is 17.2 Å². The summed E-state index contributed by atoms with van der Waals surface area (Å²) in [6, 6.07) is 2.46. The molecule has 3 heterocycles. The van der Waals surface area contributed by atoms with E-state index in [-0.39, 0.29) is 55.1 Å². The van der Waals surface area contributed by atoms with Gasteiger partial charge in [-0.1, -0.05) is 11.8 Å². The molecule has 2 aliphatic rings. The molecule has 0 aliphatic carbocycles. The second-order valence-electron chi connectivity index (χ2n) is 10.8. The maximum Gasteiger partial charge on any atom is 0.309 e. The number of likely N-dealkylation sites (tertiary alicyclic amines) is 1. The monoisotopic (exact) mass is 698 g/mol. The number of nitro groups is 1. The Kier molecular flexibility index (Phi) is 13.5. The van der Waals surface area contributed by atoms with Crippen LogP contribution >= 0.6 is 11.8 Å². The fourth-order valence-electron chi connectivity index (χ4n) is 5.14. The van der Waals surface area contributed by atoms with Crippen LogP contribution in [-0.4, -0.2) is 113 Å². The van der Waals surface area contributed by atoms with Crippen LogP contribution in [0.1, 0.15) is 47.5 Å². The molecule has 0 aromatic carbocycles. The fraction of sp³-hybridized carbons (Fsp3) is 0.621. The number of hydrogen-bond donors (Lipinski definition) is 1. The first-order valence-corrected chi connectivity index (χ1v) is 15.8. The van der Waals surface area contributed by atoms with Crippen molar-refractivity contribution in [3.8, 4) is 5.88 Å². The van der Waals surface area contributed by atoms with Crippen molar-refractivity contribution < 1.29 is 62.1 Å². The van der Waals surface area contributed by atoms with Crippen molar-refractivity contribution in [1.29, 1.82) is 0 Å². The van der Waals surface area contributed by atoms with Gasteiger partial charge in [0.15, 0.2) is 35.7 Å². The predicted molar refractivity (Wildman–Crippen MR) is 162 cm³/mol. The third-order valence-corrected chi connectivity index (χ3v) is 8.37. The van der Waals surface area contributed by atoms with Crippen LogP contribution in [0.4, 0.5) is 5.69 Å². The Bertz CT molecular complexity index is 1400. The molecule has 0 saturated carbocycles. The lowest BCUT2D eigenvalue weighted by molar-refractivity contribution is -0.388. The number of piperidine rings is 1. The van der Waals surface area contributed by atoms with Crippen molar-refractivity contribution in [3.63, 3.8) is 0 Å². The average Bonchev–Trinajstić information content (AvgIpc) is 3.02. The minimum absolute atomic E-state index is 0.0645. The second-order valence-corrected chi connectivity index (χ2v) is 12.1. The molecule has 0 radical (unpaired) electrons. The van der Waals surface area contributed by atoms with Crippen molar-refractivity contribution in [1.82, 2.24) is 15.2 Å². The molecule has 264 valence electrons. The maximum absolute atomic E-state index is 13.9. The number of carbonyl (C=O) groups is 6. The number of nitrogens with zero attached hydrogens (tertiary/aromatic N) is 3. The van der Waals surface area contributed by atoms with Crippen LogP contribution in [0.2, 0.25) is 0 Å². The SMILES string of the molecule is CCOC(=O)C1CCN(C(=O)C2OC(NC(=O)C(C)Sc3nc(OC)ccc3[N+](=O)[O-])C(OC(C)=O)C(OC(C)=O)C2OC(C)=O)CC1. The van der Waals surface area contributed by atoms with Gasteiger partial charge < -0.3 is 38.6 Å². The minimum Gasteiger partial charge on any atom is -0.481 e. The Labute approximate surface area is 279 Å². The highest BCUT2D eigenvalue weighted by atomic mass is 32.2. The quantitative estimate of drug-likeness (QED) is 0.105. The van der Waals surface area contributed by atoms with E-state index in [2.05, 4.69) is 10.3 Å². The molecular formula is C29H38N4O14S. The van der Waals surface area contributed by atoms with Crippen LogP contribution in [0.25, 0.3) is 0 Å². The Balaban J connectivity index is 1.94. The van der Waals surface area contributed by atoms with E-state index < -0.39 is 76.5 Å². The van der Waals surface area contributed by atoms with E-state index in [1.165, 1.54) is 31.1 Å². The predicted octanol–water partition coefficient (Wildman–Crippen LogP) is 0.917. The molecule has 2 amide bonds. The number of aromatic nitrogens is 1. The van der Waals surface area contributed by atoms with Crippen LogP contribution in [-0.2, 0) is 52.5 Å². The van der Waals surface area contributed by atoms with Crippen molar-refractivity contribution >= 4 is 53.1 Å². The van der Waals surface area contributed by atoms with E-state index in [4.69, 9.17) is 28.4 Å². The standard InChI is InChI=1S/C29H38N4O14S/c1-7-43-29(39)18-10-12-32(13-11-18)28(38)24-22(45-16(4)35)21(44-15(3)34)23(46-17(5)36)26(47-24)31-25(37)14(2)48-27-19(33(40)41)8-9-20(30-27)42-6/h8-9,14,18,21-24,26H,7,10-13H2,1-6H3,(H,31,37). The number of pyridine rings is 1. The Morgan fingerprint density at radius 3 is 2.15 bits per heavy atom. The molecule has 19 heteroatoms. The molecule has 0 spiro atoms. The van der Waals surface area contributed by atoms with E-state index in [1.807, 2.05) is 0 Å². The number of rotatable bonds is 12. The molecule has 48 heavy (non-hydrogen) atoms. The average molecular weight is 699 g/mol. The summed E-state index contributed by atoms with van der Waals surface area (Å²) in [6.45, 7) is 6.66. The lowest BCUT2D eigenvalue weighted by Gasteiger charge is -2.45. The summed E-state index contributed by atoms with van der Waals surface area (Å²) in [5.74, 6) is -4.91. The third-order valence-electron chi connectivity index (χ3n) is 7.28. The molecule has 1 N–H and O–H groups in total. The fourth-order valence-corrected chi connectivity index (χ4v) is 6.05. The molecule has 6 unspecified atom stereocenters. The summed E-state index contributed by atoms with van der Waals surface area (Å²) >= 11 is 0.720. The van der Waals surface area contributed by atoms with E-state index in [9.17, 15) is 38.9 Å². The number of nitrogens with one attached hydrogen (secondary N) is 1. The van der Waals surface area contributed by atoms with Crippen molar-refractivity contribution in [2.24, 2.45) is 5.92 Å². The Morgan fingerprint density at radius 2 is 1.60 bits per heavy atom. The third kappa shape index (κ3) is 9.75. The summed E-state index contributed by atoms with van der Waals surface area (Å²) in [6.07, 6.45) is -7.60. The van der Waals surface area contributed by atoms with Gasteiger partial charge in [0.2, 0.25) is 11.8 Å². The maximum atomic E-state index is 13.9. The first-order valence-electron chi connectivity index (χ1n) is 15.0. The van der Waals surface area contributed by atoms with Gasteiger partial charge in [-0.05, 0) is 26.7 Å². The van der Waals surface area contributed by atoms with Gasteiger partial charge in [0, 0.05) is 46.0 Å². The van der Waals surface area contributed by atoms with Crippen molar-refractivity contribution in [2.75, 3.05) is 26.8 Å². The number of esters is 4. The molecule has 1 aromatic heterocycles. The zero-order valence-corrected chi connectivity index (χ0v) is 28.0. The summed E-state index contributed by atoms with van der Waals surface area (Å²) in [4.78, 5) is 92.6.